The van der Waals surface area contributed by atoms with Crippen molar-refractivity contribution in [2.45, 2.75) is 90.1 Å². The Morgan fingerprint density at radius 2 is 1.93 bits per heavy atom. The van der Waals surface area contributed by atoms with Crippen molar-refractivity contribution in [1.29, 1.82) is 0 Å². The third-order valence-electron chi connectivity index (χ3n) is 5.50. The van der Waals surface area contributed by atoms with E-state index >= 15 is 0 Å². The zero-order valence-electron chi connectivity index (χ0n) is 16.5. The van der Waals surface area contributed by atoms with Gasteiger partial charge in [0.25, 0.3) is 0 Å². The van der Waals surface area contributed by atoms with Crippen molar-refractivity contribution >= 4 is 18.0 Å². The quantitative estimate of drug-likeness (QED) is 0.620. The maximum Gasteiger partial charge on any atom is 0.507 e. The summed E-state index contributed by atoms with van der Waals surface area (Å²) in [5.74, 6) is -0.314. The van der Waals surface area contributed by atoms with Gasteiger partial charge < -0.3 is 19.5 Å². The van der Waals surface area contributed by atoms with Crippen LogP contribution in [-0.2, 0) is 19.1 Å². The number of hydrogen-bond acceptors (Lipinski definition) is 6. The average molecular weight is 384 g/mol. The SMILES string of the molecule is CCC[C@H](N[C@@H](C)C(=O)N1[C@@H](OC(=O)O)C[C@@H]2CCCC[C@@H]21)C(=O)OCC. The van der Waals surface area contributed by atoms with E-state index in [1.54, 1.807) is 18.7 Å². The summed E-state index contributed by atoms with van der Waals surface area (Å²) in [5, 5.41) is 12.1. The van der Waals surface area contributed by atoms with Gasteiger partial charge in [-0.3, -0.25) is 14.9 Å². The third-order valence-corrected chi connectivity index (χ3v) is 5.50. The Balaban J connectivity index is 2.10. The van der Waals surface area contributed by atoms with E-state index in [1.807, 2.05) is 6.92 Å². The van der Waals surface area contributed by atoms with Crippen LogP contribution in [0, 0.1) is 5.92 Å². The van der Waals surface area contributed by atoms with Gasteiger partial charge in [0, 0.05) is 12.5 Å². The predicted molar refractivity (Wildman–Crippen MR) is 98.0 cm³/mol. The third kappa shape index (κ3) is 5.34. The maximum absolute atomic E-state index is 13.2. The molecule has 0 bridgehead atoms. The zero-order valence-corrected chi connectivity index (χ0v) is 16.5. The molecule has 0 aromatic carbocycles. The molecule has 1 saturated heterocycles. The highest BCUT2D eigenvalue weighted by molar-refractivity contribution is 5.84. The summed E-state index contributed by atoms with van der Waals surface area (Å²) in [7, 11) is 0. The number of likely N-dealkylation sites (tertiary alicyclic amines) is 1. The predicted octanol–water partition coefficient (Wildman–Crippen LogP) is 2.51. The van der Waals surface area contributed by atoms with E-state index in [-0.39, 0.29) is 30.4 Å². The molecule has 1 amide bonds. The number of hydrogen-bond donors (Lipinski definition) is 2. The topological polar surface area (TPSA) is 105 Å². The molecule has 1 aliphatic carbocycles. The van der Waals surface area contributed by atoms with Crippen LogP contribution in [0.2, 0.25) is 0 Å². The second kappa shape index (κ2) is 9.92. The number of rotatable bonds is 8. The summed E-state index contributed by atoms with van der Waals surface area (Å²) in [6, 6.07) is -1.18. The van der Waals surface area contributed by atoms with Gasteiger partial charge in [0.2, 0.25) is 5.91 Å². The first-order valence-corrected chi connectivity index (χ1v) is 10.0. The van der Waals surface area contributed by atoms with Crippen LogP contribution in [-0.4, -0.2) is 59.0 Å². The second-order valence-corrected chi connectivity index (χ2v) is 7.41. The number of nitrogens with zero attached hydrogens (tertiary/aromatic N) is 1. The van der Waals surface area contributed by atoms with Crippen molar-refractivity contribution in [2.75, 3.05) is 6.61 Å². The summed E-state index contributed by atoms with van der Waals surface area (Å²) < 4.78 is 10.1. The van der Waals surface area contributed by atoms with Gasteiger partial charge in [-0.15, -0.1) is 0 Å². The average Bonchev–Trinajstić information content (AvgIpc) is 2.97. The normalized spacial score (nSPS) is 26.8. The Morgan fingerprint density at radius 1 is 1.22 bits per heavy atom. The van der Waals surface area contributed by atoms with Crippen molar-refractivity contribution in [3.63, 3.8) is 0 Å². The highest BCUT2D eigenvalue weighted by atomic mass is 16.7. The fourth-order valence-corrected chi connectivity index (χ4v) is 4.34. The number of fused-ring (bicyclic) bond motifs is 1. The van der Waals surface area contributed by atoms with Crippen LogP contribution in [0.25, 0.3) is 0 Å². The Morgan fingerprint density at radius 3 is 2.56 bits per heavy atom. The summed E-state index contributed by atoms with van der Waals surface area (Å²) in [5.41, 5.74) is 0. The number of esters is 1. The molecule has 5 atom stereocenters. The van der Waals surface area contributed by atoms with Crippen LogP contribution in [0.3, 0.4) is 0 Å². The van der Waals surface area contributed by atoms with Gasteiger partial charge in [-0.2, -0.15) is 0 Å². The lowest BCUT2D eigenvalue weighted by Crippen LogP contribution is -2.55. The lowest BCUT2D eigenvalue weighted by Gasteiger charge is -2.35. The molecule has 2 fully saturated rings. The molecule has 1 heterocycles. The van der Waals surface area contributed by atoms with Gasteiger partial charge in [-0.1, -0.05) is 26.2 Å². The van der Waals surface area contributed by atoms with Crippen LogP contribution >= 0.6 is 0 Å². The molecule has 2 aliphatic rings. The van der Waals surface area contributed by atoms with Gasteiger partial charge in [-0.05, 0) is 39.0 Å². The largest absolute Gasteiger partial charge is 0.507 e. The van der Waals surface area contributed by atoms with E-state index in [9.17, 15) is 14.4 Å². The summed E-state index contributed by atoms with van der Waals surface area (Å²) in [6.07, 6.45) is 3.73. The first-order chi connectivity index (χ1) is 12.9. The number of carbonyl (C=O) groups excluding carboxylic acids is 2. The molecule has 8 nitrogen and oxygen atoms in total. The Kier molecular flexibility index (Phi) is 7.89. The van der Waals surface area contributed by atoms with Crippen molar-refractivity contribution in [1.82, 2.24) is 10.2 Å². The zero-order chi connectivity index (χ0) is 20.0. The molecule has 1 aliphatic heterocycles. The monoisotopic (exact) mass is 384 g/mol. The van der Waals surface area contributed by atoms with E-state index in [4.69, 9.17) is 14.6 Å². The lowest BCUT2D eigenvalue weighted by molar-refractivity contribution is -0.148. The van der Waals surface area contributed by atoms with Gasteiger partial charge >= 0.3 is 12.1 Å². The smallest absolute Gasteiger partial charge is 0.465 e. The maximum atomic E-state index is 13.2. The fourth-order valence-electron chi connectivity index (χ4n) is 4.34. The van der Waals surface area contributed by atoms with Crippen molar-refractivity contribution in [2.24, 2.45) is 5.92 Å². The van der Waals surface area contributed by atoms with E-state index in [1.165, 1.54) is 0 Å². The number of carbonyl (C=O) groups is 3. The molecular formula is C19H32N2O6. The highest BCUT2D eigenvalue weighted by Gasteiger charge is 2.47. The van der Waals surface area contributed by atoms with Crippen LogP contribution in [0.15, 0.2) is 0 Å². The molecule has 0 aromatic rings. The minimum Gasteiger partial charge on any atom is -0.465 e. The molecule has 0 radical (unpaired) electrons. The number of ether oxygens (including phenoxy) is 2. The molecule has 154 valence electrons. The first-order valence-electron chi connectivity index (χ1n) is 10.0. The van der Waals surface area contributed by atoms with Crippen LogP contribution in [0.1, 0.15) is 65.7 Å². The van der Waals surface area contributed by atoms with E-state index < -0.39 is 24.5 Å². The van der Waals surface area contributed by atoms with Crippen LogP contribution in [0.5, 0.6) is 0 Å². The number of nitrogens with one attached hydrogen (secondary N) is 1. The fraction of sp³-hybridized carbons (Fsp3) is 0.842. The van der Waals surface area contributed by atoms with E-state index in [2.05, 4.69) is 5.32 Å². The van der Waals surface area contributed by atoms with Crippen molar-refractivity contribution in [3.05, 3.63) is 0 Å². The van der Waals surface area contributed by atoms with E-state index in [0.717, 1.165) is 32.1 Å². The second-order valence-electron chi connectivity index (χ2n) is 7.41. The van der Waals surface area contributed by atoms with Crippen molar-refractivity contribution < 1.29 is 29.0 Å². The lowest BCUT2D eigenvalue weighted by atomic mass is 9.85. The van der Waals surface area contributed by atoms with Gasteiger partial charge in [0.05, 0.1) is 12.6 Å². The molecule has 8 heteroatoms. The van der Waals surface area contributed by atoms with E-state index in [0.29, 0.717) is 12.8 Å². The van der Waals surface area contributed by atoms with Crippen LogP contribution in [0.4, 0.5) is 4.79 Å². The molecule has 0 aromatic heterocycles. The molecular weight excluding hydrogens is 352 g/mol. The molecule has 27 heavy (non-hydrogen) atoms. The van der Waals surface area contributed by atoms with Crippen LogP contribution < -0.4 is 5.32 Å². The highest BCUT2D eigenvalue weighted by Crippen LogP contribution is 2.40. The summed E-state index contributed by atoms with van der Waals surface area (Å²) in [4.78, 5) is 38.0. The Hall–Kier alpha value is -1.83. The summed E-state index contributed by atoms with van der Waals surface area (Å²) >= 11 is 0. The minimum absolute atomic E-state index is 0.00654. The summed E-state index contributed by atoms with van der Waals surface area (Å²) in [6.45, 7) is 5.70. The number of amides is 1. The van der Waals surface area contributed by atoms with Gasteiger partial charge in [0.1, 0.15) is 6.04 Å². The molecule has 1 saturated carbocycles. The molecule has 2 N–H and O–H groups in total. The van der Waals surface area contributed by atoms with Crippen molar-refractivity contribution in [3.8, 4) is 0 Å². The minimum atomic E-state index is -1.37. The van der Waals surface area contributed by atoms with Gasteiger partial charge in [-0.25, -0.2) is 4.79 Å². The molecule has 2 rings (SSSR count). The molecule has 0 unspecified atom stereocenters. The molecule has 0 spiro atoms. The standard InChI is InChI=1S/C19H32N2O6/c1-4-8-14(18(23)26-5-2)20-12(3)17(22)21-15-10-7-6-9-13(15)11-16(21)27-19(24)25/h12-16,20H,4-11H2,1-3H3,(H,24,25)/t12-,13-,14-,15-,16-/m0/s1. The Bertz CT molecular complexity index is 540. The first kappa shape index (κ1) is 21.5. The number of carboxylic acid groups (broad SMARTS) is 1. The Labute approximate surface area is 160 Å². The van der Waals surface area contributed by atoms with Gasteiger partial charge in [0.15, 0.2) is 6.23 Å².